The van der Waals surface area contributed by atoms with Crippen molar-refractivity contribution in [2.24, 2.45) is 5.73 Å². The summed E-state index contributed by atoms with van der Waals surface area (Å²) in [6, 6.07) is 30.6. The van der Waals surface area contributed by atoms with Crippen LogP contribution in [-0.4, -0.2) is 78.6 Å². The van der Waals surface area contributed by atoms with Crippen LogP contribution < -0.4 is 16.4 Å². The molecular formula is C35H40N8O2. The second-order valence-corrected chi connectivity index (χ2v) is 12.3. The van der Waals surface area contributed by atoms with Gasteiger partial charge in [0.05, 0.1) is 18.5 Å². The summed E-state index contributed by atoms with van der Waals surface area (Å²) in [4.78, 5) is 17.0. The molecule has 0 bridgehead atoms. The highest BCUT2D eigenvalue weighted by Crippen LogP contribution is 2.34. The van der Waals surface area contributed by atoms with Gasteiger partial charge >= 0.3 is 0 Å². The van der Waals surface area contributed by atoms with Gasteiger partial charge in [-0.25, -0.2) is 4.98 Å². The van der Waals surface area contributed by atoms with Crippen molar-refractivity contribution in [3.63, 3.8) is 0 Å². The minimum atomic E-state index is -1.01. The van der Waals surface area contributed by atoms with Gasteiger partial charge in [-0.2, -0.15) is 9.97 Å². The van der Waals surface area contributed by atoms with Crippen LogP contribution in [0.15, 0.2) is 97.3 Å². The Kier molecular flexibility index (Phi) is 8.45. The first kappa shape index (κ1) is 29.4. The Balaban J connectivity index is 1.18. The van der Waals surface area contributed by atoms with Crippen molar-refractivity contribution in [3.8, 4) is 0 Å². The summed E-state index contributed by atoms with van der Waals surface area (Å²) in [5, 5.41) is 28.5. The molecule has 2 fully saturated rings. The number of aliphatic hydroxyl groups is 2. The van der Waals surface area contributed by atoms with Gasteiger partial charge in [0.15, 0.2) is 17.0 Å². The Labute approximate surface area is 263 Å². The van der Waals surface area contributed by atoms with E-state index >= 15 is 0 Å². The van der Waals surface area contributed by atoms with Gasteiger partial charge < -0.3 is 31.1 Å². The largest absolute Gasteiger partial charge is 0.389 e. The number of imidazole rings is 1. The number of benzene rings is 3. The average molecular weight is 605 g/mol. The van der Waals surface area contributed by atoms with Crippen LogP contribution in [0, 0.1) is 0 Å². The Morgan fingerprint density at radius 2 is 1.53 bits per heavy atom. The third-order valence-corrected chi connectivity index (χ3v) is 9.21. The molecule has 5 atom stereocenters. The molecule has 7 rings (SSSR count). The summed E-state index contributed by atoms with van der Waals surface area (Å²) >= 11 is 0. The molecule has 0 radical (unpaired) electrons. The van der Waals surface area contributed by atoms with E-state index in [2.05, 4.69) is 88.3 Å². The smallest absolute Gasteiger partial charge is 0.227 e. The van der Waals surface area contributed by atoms with Crippen molar-refractivity contribution in [3.05, 3.63) is 114 Å². The van der Waals surface area contributed by atoms with E-state index in [0.717, 1.165) is 26.1 Å². The number of aromatic nitrogens is 4. The third kappa shape index (κ3) is 6.27. The maximum Gasteiger partial charge on any atom is 0.227 e. The highest BCUT2D eigenvalue weighted by molar-refractivity contribution is 5.84. The first-order valence-corrected chi connectivity index (χ1v) is 15.8. The summed E-state index contributed by atoms with van der Waals surface area (Å²) in [7, 11) is 0. The Bertz CT molecular complexity index is 1660. The van der Waals surface area contributed by atoms with Crippen LogP contribution in [0.25, 0.3) is 11.2 Å². The van der Waals surface area contributed by atoms with Crippen molar-refractivity contribution in [2.75, 3.05) is 30.3 Å². The molecule has 1 aliphatic heterocycles. The van der Waals surface area contributed by atoms with Crippen LogP contribution >= 0.6 is 0 Å². The van der Waals surface area contributed by atoms with Crippen LogP contribution in [0.4, 0.5) is 11.8 Å². The molecule has 1 aliphatic carbocycles. The van der Waals surface area contributed by atoms with Gasteiger partial charge in [-0.15, -0.1) is 0 Å². The molecule has 3 aromatic carbocycles. The van der Waals surface area contributed by atoms with E-state index in [-0.39, 0.29) is 12.0 Å². The minimum Gasteiger partial charge on any atom is -0.389 e. The lowest BCUT2D eigenvalue weighted by atomic mass is 9.91. The van der Waals surface area contributed by atoms with Crippen LogP contribution in [-0.2, 0) is 6.54 Å². The third-order valence-electron chi connectivity index (χ3n) is 9.21. The first-order valence-electron chi connectivity index (χ1n) is 15.8. The predicted molar refractivity (Wildman–Crippen MR) is 176 cm³/mol. The molecule has 0 unspecified atom stereocenters. The topological polar surface area (TPSA) is 137 Å². The zero-order valence-corrected chi connectivity index (χ0v) is 25.2. The molecule has 5 aromatic rings. The van der Waals surface area contributed by atoms with Gasteiger partial charge in [0, 0.05) is 44.2 Å². The number of anilines is 2. The van der Waals surface area contributed by atoms with E-state index in [9.17, 15) is 10.2 Å². The molecule has 10 heteroatoms. The summed E-state index contributed by atoms with van der Waals surface area (Å²) in [6.45, 7) is 3.36. The zero-order chi connectivity index (χ0) is 30.8. The number of hydrogen-bond donors (Lipinski definition) is 5. The standard InChI is InChI=1S/C35H40N8O2/c36-28-18-29(32(45)31(28)44)43-22-38-30-33(37-19-27(24-12-6-2-7-13-24)25-14-8-3-9-15-25)40-35(41-34(30)43)39-26-16-17-42(21-26)20-23-10-4-1-5-11-23/h1-15,22,26-29,31-32,44-45H,16-21,36H2,(H2,37,39,40,41)/t26-,28+,29-,31-,32+/m1/s1. The first-order chi connectivity index (χ1) is 22.0. The molecule has 0 amide bonds. The van der Waals surface area contributed by atoms with Gasteiger partial charge in [-0.1, -0.05) is 91.0 Å². The van der Waals surface area contributed by atoms with Crippen molar-refractivity contribution in [1.82, 2.24) is 24.4 Å². The van der Waals surface area contributed by atoms with E-state index in [0.29, 0.717) is 35.9 Å². The molecule has 1 saturated heterocycles. The molecule has 0 spiro atoms. The van der Waals surface area contributed by atoms with Crippen LogP contribution in [0.1, 0.15) is 41.5 Å². The van der Waals surface area contributed by atoms with Gasteiger partial charge in [0.25, 0.3) is 0 Å². The molecule has 2 aromatic heterocycles. The Morgan fingerprint density at radius 1 is 0.867 bits per heavy atom. The second-order valence-electron chi connectivity index (χ2n) is 12.3. The van der Waals surface area contributed by atoms with Crippen molar-refractivity contribution < 1.29 is 10.2 Å². The fraction of sp³-hybridized carbons (Fsp3) is 0.343. The summed E-state index contributed by atoms with van der Waals surface area (Å²) in [6.07, 6.45) is 1.06. The number of nitrogens with one attached hydrogen (secondary N) is 2. The molecule has 6 N–H and O–H groups in total. The molecule has 3 heterocycles. The monoisotopic (exact) mass is 604 g/mol. The minimum absolute atomic E-state index is 0.0853. The molecule has 45 heavy (non-hydrogen) atoms. The Morgan fingerprint density at radius 3 is 2.18 bits per heavy atom. The van der Waals surface area contributed by atoms with Crippen LogP contribution in [0.3, 0.4) is 0 Å². The number of nitrogens with two attached hydrogens (primary N) is 1. The number of nitrogens with zero attached hydrogens (tertiary/aromatic N) is 5. The van der Waals surface area contributed by atoms with Gasteiger partial charge in [-0.3, -0.25) is 4.90 Å². The Hall–Kier alpha value is -4.35. The molecule has 232 valence electrons. The highest BCUT2D eigenvalue weighted by Gasteiger charge is 2.41. The van der Waals surface area contributed by atoms with E-state index < -0.39 is 24.3 Å². The fourth-order valence-corrected chi connectivity index (χ4v) is 6.78. The van der Waals surface area contributed by atoms with E-state index in [4.69, 9.17) is 20.7 Å². The zero-order valence-electron chi connectivity index (χ0n) is 25.2. The maximum absolute atomic E-state index is 10.8. The number of fused-ring (bicyclic) bond motifs is 1. The van der Waals surface area contributed by atoms with E-state index in [1.807, 2.05) is 22.8 Å². The summed E-state index contributed by atoms with van der Waals surface area (Å²) in [5.74, 6) is 1.21. The molecule has 2 aliphatic rings. The molecular weight excluding hydrogens is 564 g/mol. The normalized spacial score (nSPS) is 23.6. The lowest BCUT2D eigenvalue weighted by Crippen LogP contribution is -2.35. The SMILES string of the molecule is N[C@H]1C[C@@H](n2cnc3c(NCC(c4ccccc4)c4ccccc4)nc(N[C@@H]4CCN(Cc5ccccc5)C4)nc32)[C@H](O)[C@@H]1O. The van der Waals surface area contributed by atoms with Gasteiger partial charge in [0.2, 0.25) is 5.95 Å². The number of rotatable bonds is 10. The number of aliphatic hydroxyl groups excluding tert-OH is 2. The average Bonchev–Trinajstić information content (AvgIpc) is 3.77. The predicted octanol–water partition coefficient (Wildman–Crippen LogP) is 3.75. The molecule has 1 saturated carbocycles. The van der Waals surface area contributed by atoms with Crippen LogP contribution in [0.5, 0.6) is 0 Å². The number of hydrogen-bond acceptors (Lipinski definition) is 9. The summed E-state index contributed by atoms with van der Waals surface area (Å²) < 4.78 is 1.84. The lowest BCUT2D eigenvalue weighted by molar-refractivity contribution is 0.0187. The number of likely N-dealkylation sites (tertiary alicyclic amines) is 1. The second kappa shape index (κ2) is 12.9. The van der Waals surface area contributed by atoms with Crippen molar-refractivity contribution >= 4 is 22.9 Å². The maximum atomic E-state index is 10.8. The molecule has 10 nitrogen and oxygen atoms in total. The lowest BCUT2D eigenvalue weighted by Gasteiger charge is -2.21. The van der Waals surface area contributed by atoms with Crippen molar-refractivity contribution in [1.29, 1.82) is 0 Å². The van der Waals surface area contributed by atoms with Crippen molar-refractivity contribution in [2.45, 2.75) is 55.6 Å². The fourth-order valence-electron chi connectivity index (χ4n) is 6.78. The van der Waals surface area contributed by atoms with E-state index in [1.165, 1.54) is 16.7 Å². The van der Waals surface area contributed by atoms with Gasteiger partial charge in [-0.05, 0) is 29.5 Å². The summed E-state index contributed by atoms with van der Waals surface area (Å²) in [5.41, 5.74) is 11.0. The van der Waals surface area contributed by atoms with Crippen LogP contribution in [0.2, 0.25) is 0 Å². The van der Waals surface area contributed by atoms with Gasteiger partial charge in [0.1, 0.15) is 6.10 Å². The quantitative estimate of drug-likeness (QED) is 0.161. The van der Waals surface area contributed by atoms with E-state index in [1.54, 1.807) is 6.33 Å². The highest BCUT2D eigenvalue weighted by atomic mass is 16.3.